The minimum Gasteiger partial charge on any atom is -0.493 e. The second kappa shape index (κ2) is 9.43. The van der Waals surface area contributed by atoms with Crippen LogP contribution in [-0.2, 0) is 11.2 Å². The molecule has 5 heteroatoms. The number of amides is 1. The lowest BCUT2D eigenvalue weighted by molar-refractivity contribution is -0.135. The van der Waals surface area contributed by atoms with Crippen LogP contribution in [0.15, 0.2) is 48.5 Å². The molecule has 3 fully saturated rings. The van der Waals surface area contributed by atoms with E-state index in [-0.39, 0.29) is 18.1 Å². The molecule has 1 aliphatic heterocycles. The zero-order valence-electron chi connectivity index (χ0n) is 19.0. The number of anilines is 1. The zero-order valence-corrected chi connectivity index (χ0v) is 19.0. The molecule has 5 nitrogen and oxygen atoms in total. The van der Waals surface area contributed by atoms with Crippen molar-refractivity contribution in [3.05, 3.63) is 54.1 Å². The van der Waals surface area contributed by atoms with E-state index in [1.165, 1.54) is 18.4 Å². The third-order valence-electron chi connectivity index (χ3n) is 7.11. The summed E-state index contributed by atoms with van der Waals surface area (Å²) in [5, 5.41) is 0. The molecule has 2 saturated carbocycles. The quantitative estimate of drug-likeness (QED) is 0.634. The monoisotopic (exact) mass is 434 g/mol. The van der Waals surface area contributed by atoms with E-state index < -0.39 is 0 Å². The molecule has 2 aromatic carbocycles. The second-order valence-corrected chi connectivity index (χ2v) is 9.45. The molecular weight excluding hydrogens is 400 g/mol. The van der Waals surface area contributed by atoms with Gasteiger partial charge in [0.25, 0.3) is 0 Å². The van der Waals surface area contributed by atoms with Crippen LogP contribution < -0.4 is 14.4 Å². The van der Waals surface area contributed by atoms with E-state index in [1.54, 1.807) is 7.11 Å². The average Bonchev–Trinajstić information content (AvgIpc) is 3.56. The SMILES string of the molecule is COc1ccc(N2CCN(C(=O)C3CC3)[C@@H](Cc3ccccc3)C2)cc1OC1CCCC1. The summed E-state index contributed by atoms with van der Waals surface area (Å²) in [6.45, 7) is 2.46. The van der Waals surface area contributed by atoms with E-state index in [0.29, 0.717) is 5.91 Å². The molecule has 0 bridgehead atoms. The van der Waals surface area contributed by atoms with Crippen LogP contribution in [0, 0.1) is 5.92 Å². The predicted molar refractivity (Wildman–Crippen MR) is 126 cm³/mol. The smallest absolute Gasteiger partial charge is 0.226 e. The van der Waals surface area contributed by atoms with Crippen molar-refractivity contribution in [2.45, 2.75) is 57.1 Å². The number of rotatable bonds is 7. The molecule has 170 valence electrons. The fourth-order valence-electron chi connectivity index (χ4n) is 5.15. The van der Waals surface area contributed by atoms with Gasteiger partial charge in [0, 0.05) is 37.3 Å². The van der Waals surface area contributed by atoms with Crippen molar-refractivity contribution >= 4 is 11.6 Å². The summed E-state index contributed by atoms with van der Waals surface area (Å²) >= 11 is 0. The summed E-state index contributed by atoms with van der Waals surface area (Å²) in [5.74, 6) is 2.25. The van der Waals surface area contributed by atoms with Gasteiger partial charge in [-0.25, -0.2) is 0 Å². The van der Waals surface area contributed by atoms with Gasteiger partial charge in [0.1, 0.15) is 0 Å². The molecule has 0 unspecified atom stereocenters. The van der Waals surface area contributed by atoms with Gasteiger partial charge in [-0.3, -0.25) is 4.79 Å². The lowest BCUT2D eigenvalue weighted by Crippen LogP contribution is -2.56. The van der Waals surface area contributed by atoms with Gasteiger partial charge >= 0.3 is 0 Å². The fraction of sp³-hybridized carbons (Fsp3) is 0.519. The lowest BCUT2D eigenvalue weighted by atomic mass is 10.0. The van der Waals surface area contributed by atoms with Crippen molar-refractivity contribution in [3.8, 4) is 11.5 Å². The number of benzene rings is 2. The Morgan fingerprint density at radius 1 is 0.969 bits per heavy atom. The summed E-state index contributed by atoms with van der Waals surface area (Å²) in [6.07, 6.45) is 8.00. The van der Waals surface area contributed by atoms with Crippen LogP contribution in [-0.4, -0.2) is 49.7 Å². The highest BCUT2D eigenvalue weighted by atomic mass is 16.5. The number of piperazine rings is 1. The maximum atomic E-state index is 13.0. The number of hydrogen-bond acceptors (Lipinski definition) is 4. The largest absolute Gasteiger partial charge is 0.493 e. The average molecular weight is 435 g/mol. The number of carbonyl (C=O) groups excluding carboxylic acids is 1. The molecule has 2 aromatic rings. The highest BCUT2D eigenvalue weighted by Gasteiger charge is 2.38. The molecular formula is C27H34N2O3. The second-order valence-electron chi connectivity index (χ2n) is 9.45. The molecule has 1 atom stereocenters. The Balaban J connectivity index is 1.35. The van der Waals surface area contributed by atoms with Crippen LogP contribution in [0.5, 0.6) is 11.5 Å². The number of nitrogens with zero attached hydrogens (tertiary/aromatic N) is 2. The molecule has 1 heterocycles. The standard InChI is InChI=1S/C27H34N2O3/c1-31-25-14-13-22(18-26(25)32-24-9-5-6-10-24)28-15-16-29(27(30)21-11-12-21)23(19-28)17-20-7-3-2-4-8-20/h2-4,7-8,13-14,18,21,23-24H,5-6,9-12,15-17,19H2,1H3/t23-/m0/s1. The van der Waals surface area contributed by atoms with E-state index in [0.717, 1.165) is 68.9 Å². The first-order chi connectivity index (χ1) is 15.7. The van der Waals surface area contributed by atoms with Gasteiger partial charge in [-0.05, 0) is 62.6 Å². The Labute approximate surface area is 191 Å². The normalized spacial score (nSPS) is 21.6. The maximum Gasteiger partial charge on any atom is 0.226 e. The summed E-state index contributed by atoms with van der Waals surface area (Å²) in [7, 11) is 1.70. The molecule has 2 aliphatic carbocycles. The Morgan fingerprint density at radius 3 is 2.47 bits per heavy atom. The fourth-order valence-corrected chi connectivity index (χ4v) is 5.15. The maximum absolute atomic E-state index is 13.0. The van der Waals surface area contributed by atoms with E-state index in [9.17, 15) is 4.79 Å². The molecule has 5 rings (SSSR count). The van der Waals surface area contributed by atoms with Gasteiger partial charge in [-0.15, -0.1) is 0 Å². The Kier molecular flexibility index (Phi) is 6.24. The predicted octanol–water partition coefficient (Wildman–Crippen LogP) is 4.69. The highest BCUT2D eigenvalue weighted by Crippen LogP contribution is 2.37. The van der Waals surface area contributed by atoms with Crippen LogP contribution >= 0.6 is 0 Å². The number of methoxy groups -OCH3 is 1. The van der Waals surface area contributed by atoms with Crippen LogP contribution in [0.1, 0.15) is 44.1 Å². The van der Waals surface area contributed by atoms with Crippen molar-refractivity contribution in [1.29, 1.82) is 0 Å². The molecule has 0 spiro atoms. The molecule has 1 saturated heterocycles. The molecule has 0 aromatic heterocycles. The highest BCUT2D eigenvalue weighted by molar-refractivity contribution is 5.81. The molecule has 1 amide bonds. The molecule has 0 radical (unpaired) electrons. The van der Waals surface area contributed by atoms with E-state index >= 15 is 0 Å². The van der Waals surface area contributed by atoms with Crippen LogP contribution in [0.4, 0.5) is 5.69 Å². The van der Waals surface area contributed by atoms with Crippen molar-refractivity contribution in [1.82, 2.24) is 4.90 Å². The summed E-state index contributed by atoms with van der Waals surface area (Å²) in [6, 6.07) is 17.0. The topological polar surface area (TPSA) is 42.0 Å². The van der Waals surface area contributed by atoms with Crippen LogP contribution in [0.3, 0.4) is 0 Å². The van der Waals surface area contributed by atoms with Gasteiger partial charge in [-0.2, -0.15) is 0 Å². The Hall–Kier alpha value is -2.69. The first-order valence-corrected chi connectivity index (χ1v) is 12.2. The van der Waals surface area contributed by atoms with Crippen LogP contribution in [0.25, 0.3) is 0 Å². The van der Waals surface area contributed by atoms with Crippen molar-refractivity contribution in [2.24, 2.45) is 5.92 Å². The van der Waals surface area contributed by atoms with Gasteiger partial charge in [-0.1, -0.05) is 30.3 Å². The van der Waals surface area contributed by atoms with E-state index in [2.05, 4.69) is 46.2 Å². The third kappa shape index (κ3) is 4.72. The Morgan fingerprint density at radius 2 is 1.75 bits per heavy atom. The lowest BCUT2D eigenvalue weighted by Gasteiger charge is -2.43. The molecule has 3 aliphatic rings. The first-order valence-electron chi connectivity index (χ1n) is 12.2. The first kappa shape index (κ1) is 21.2. The number of ether oxygens (including phenoxy) is 2. The van der Waals surface area contributed by atoms with E-state index in [1.807, 2.05) is 12.1 Å². The minimum atomic E-state index is 0.181. The van der Waals surface area contributed by atoms with Crippen LogP contribution in [0.2, 0.25) is 0 Å². The van der Waals surface area contributed by atoms with Crippen molar-refractivity contribution < 1.29 is 14.3 Å². The summed E-state index contributed by atoms with van der Waals surface area (Å²) in [5.41, 5.74) is 2.43. The number of hydrogen-bond donors (Lipinski definition) is 0. The van der Waals surface area contributed by atoms with Gasteiger partial charge in [0.05, 0.1) is 19.3 Å². The van der Waals surface area contributed by atoms with Crippen molar-refractivity contribution in [2.75, 3.05) is 31.6 Å². The van der Waals surface area contributed by atoms with Crippen molar-refractivity contribution in [3.63, 3.8) is 0 Å². The third-order valence-corrected chi connectivity index (χ3v) is 7.11. The van der Waals surface area contributed by atoms with Gasteiger partial charge in [0.2, 0.25) is 5.91 Å². The van der Waals surface area contributed by atoms with Gasteiger partial charge < -0.3 is 19.3 Å². The number of carbonyl (C=O) groups is 1. The molecule has 0 N–H and O–H groups in total. The summed E-state index contributed by atoms with van der Waals surface area (Å²) < 4.78 is 11.9. The Bertz CT molecular complexity index is 922. The zero-order chi connectivity index (χ0) is 21.9. The minimum absolute atomic E-state index is 0.181. The van der Waals surface area contributed by atoms with E-state index in [4.69, 9.17) is 9.47 Å². The molecule has 32 heavy (non-hydrogen) atoms. The summed E-state index contributed by atoms with van der Waals surface area (Å²) in [4.78, 5) is 17.6. The van der Waals surface area contributed by atoms with Gasteiger partial charge in [0.15, 0.2) is 11.5 Å².